The minimum atomic E-state index is -0.283. The van der Waals surface area contributed by atoms with Crippen molar-refractivity contribution < 1.29 is 9.59 Å². The number of anilines is 2. The van der Waals surface area contributed by atoms with Crippen molar-refractivity contribution in [3.8, 4) is 0 Å². The van der Waals surface area contributed by atoms with Gasteiger partial charge in [-0.15, -0.1) is 0 Å². The molecule has 0 radical (unpaired) electrons. The fourth-order valence-electron chi connectivity index (χ4n) is 2.48. The lowest BCUT2D eigenvalue weighted by Crippen LogP contribution is -2.34. The number of benzene rings is 1. The van der Waals surface area contributed by atoms with Crippen LogP contribution in [0.15, 0.2) is 24.3 Å². The Kier molecular flexibility index (Phi) is 5.77. The van der Waals surface area contributed by atoms with Crippen LogP contribution in [0.1, 0.15) is 33.1 Å². The highest BCUT2D eigenvalue weighted by Gasteiger charge is 2.18. The quantitative estimate of drug-likeness (QED) is 0.673. The average Bonchev–Trinajstić information content (AvgIpc) is 2.92. The van der Waals surface area contributed by atoms with Crippen LogP contribution in [0.2, 0.25) is 0 Å². The summed E-state index contributed by atoms with van der Waals surface area (Å²) < 4.78 is 0. The van der Waals surface area contributed by atoms with E-state index < -0.39 is 0 Å². The van der Waals surface area contributed by atoms with E-state index in [0.717, 1.165) is 19.4 Å². The lowest BCUT2D eigenvalue weighted by molar-refractivity contribution is -0.116. The van der Waals surface area contributed by atoms with Crippen molar-refractivity contribution in [1.29, 1.82) is 0 Å². The van der Waals surface area contributed by atoms with Crippen LogP contribution in [0, 0.1) is 0 Å². The van der Waals surface area contributed by atoms with Crippen molar-refractivity contribution >= 4 is 23.3 Å². The predicted molar refractivity (Wildman–Crippen MR) is 88.0 cm³/mol. The van der Waals surface area contributed by atoms with Crippen LogP contribution in [-0.4, -0.2) is 30.6 Å². The van der Waals surface area contributed by atoms with Gasteiger partial charge in [0.2, 0.25) is 5.91 Å². The fraction of sp³-hybridized carbons (Fsp3) is 0.500. The summed E-state index contributed by atoms with van der Waals surface area (Å²) in [7, 11) is 0. The number of nitrogens with one attached hydrogen (secondary N) is 4. The predicted octanol–water partition coefficient (Wildman–Crippen LogP) is 2.30. The molecule has 4 N–H and O–H groups in total. The molecular formula is C16H24N4O2. The van der Waals surface area contributed by atoms with E-state index in [1.165, 1.54) is 0 Å². The molecule has 3 amide bonds. The van der Waals surface area contributed by atoms with Gasteiger partial charge in [-0.05, 0) is 45.4 Å². The van der Waals surface area contributed by atoms with Gasteiger partial charge in [-0.2, -0.15) is 0 Å². The van der Waals surface area contributed by atoms with Crippen LogP contribution in [0.3, 0.4) is 0 Å². The van der Waals surface area contributed by atoms with Gasteiger partial charge in [0.05, 0.1) is 11.4 Å². The first-order valence-electron chi connectivity index (χ1n) is 7.74. The molecule has 1 unspecified atom stereocenters. The third-order valence-electron chi connectivity index (χ3n) is 3.46. The monoisotopic (exact) mass is 304 g/mol. The van der Waals surface area contributed by atoms with Crippen LogP contribution in [-0.2, 0) is 4.79 Å². The Labute approximate surface area is 131 Å². The molecule has 0 aliphatic carbocycles. The molecule has 1 saturated heterocycles. The summed E-state index contributed by atoms with van der Waals surface area (Å²) in [5.74, 6) is -0.0436. The van der Waals surface area contributed by atoms with E-state index in [1.54, 1.807) is 12.1 Å². The van der Waals surface area contributed by atoms with Crippen molar-refractivity contribution in [3.63, 3.8) is 0 Å². The zero-order chi connectivity index (χ0) is 15.9. The number of carbonyl (C=O) groups excluding carboxylic acids is 2. The first kappa shape index (κ1) is 16.3. The Morgan fingerprint density at radius 3 is 2.50 bits per heavy atom. The maximum Gasteiger partial charge on any atom is 0.319 e. The summed E-state index contributed by atoms with van der Waals surface area (Å²) in [6, 6.07) is 7.22. The number of amides is 3. The van der Waals surface area contributed by atoms with Gasteiger partial charge in [0.25, 0.3) is 0 Å². The smallest absolute Gasteiger partial charge is 0.319 e. The summed E-state index contributed by atoms with van der Waals surface area (Å²) in [5, 5.41) is 11.7. The summed E-state index contributed by atoms with van der Waals surface area (Å²) in [4.78, 5) is 23.9. The van der Waals surface area contributed by atoms with Gasteiger partial charge in [0, 0.05) is 18.5 Å². The maximum atomic E-state index is 12.1. The Morgan fingerprint density at radius 1 is 1.23 bits per heavy atom. The first-order valence-corrected chi connectivity index (χ1v) is 7.74. The molecule has 1 atom stereocenters. The topological polar surface area (TPSA) is 82.3 Å². The number of hydrogen-bond donors (Lipinski definition) is 4. The minimum absolute atomic E-state index is 0.0436. The normalized spacial score (nSPS) is 17.3. The van der Waals surface area contributed by atoms with Gasteiger partial charge < -0.3 is 21.3 Å². The maximum absolute atomic E-state index is 12.1. The van der Waals surface area contributed by atoms with Crippen LogP contribution in [0.4, 0.5) is 16.2 Å². The van der Waals surface area contributed by atoms with E-state index in [-0.39, 0.29) is 24.0 Å². The second-order valence-electron chi connectivity index (χ2n) is 5.84. The molecule has 1 heterocycles. The van der Waals surface area contributed by atoms with E-state index in [1.807, 2.05) is 26.0 Å². The summed E-state index contributed by atoms with van der Waals surface area (Å²) in [6.45, 7) is 4.76. The lowest BCUT2D eigenvalue weighted by Gasteiger charge is -2.15. The molecule has 0 saturated carbocycles. The highest BCUT2D eigenvalue weighted by Crippen LogP contribution is 2.21. The lowest BCUT2D eigenvalue weighted by atomic mass is 10.1. The van der Waals surface area contributed by atoms with E-state index in [2.05, 4.69) is 21.3 Å². The highest BCUT2D eigenvalue weighted by atomic mass is 16.2. The van der Waals surface area contributed by atoms with Crippen LogP contribution < -0.4 is 21.3 Å². The van der Waals surface area contributed by atoms with E-state index in [4.69, 9.17) is 0 Å². The molecule has 0 spiro atoms. The van der Waals surface area contributed by atoms with Crippen molar-refractivity contribution in [2.24, 2.45) is 0 Å². The fourth-order valence-corrected chi connectivity index (χ4v) is 2.48. The van der Waals surface area contributed by atoms with Gasteiger partial charge in [-0.1, -0.05) is 12.1 Å². The Balaban J connectivity index is 1.95. The number of rotatable bonds is 5. The van der Waals surface area contributed by atoms with E-state index >= 15 is 0 Å². The summed E-state index contributed by atoms with van der Waals surface area (Å²) >= 11 is 0. The van der Waals surface area contributed by atoms with E-state index in [0.29, 0.717) is 17.8 Å². The Bertz CT molecular complexity index is 525. The molecule has 1 aromatic carbocycles. The third kappa shape index (κ3) is 5.04. The Morgan fingerprint density at radius 2 is 1.91 bits per heavy atom. The average molecular weight is 304 g/mol. The minimum Gasteiger partial charge on any atom is -0.336 e. The molecule has 0 bridgehead atoms. The molecule has 1 aliphatic rings. The second-order valence-corrected chi connectivity index (χ2v) is 5.84. The largest absolute Gasteiger partial charge is 0.336 e. The van der Waals surface area contributed by atoms with Gasteiger partial charge >= 0.3 is 6.03 Å². The van der Waals surface area contributed by atoms with Crippen LogP contribution >= 0.6 is 0 Å². The molecule has 1 aliphatic heterocycles. The molecule has 22 heavy (non-hydrogen) atoms. The molecule has 120 valence electrons. The molecule has 6 heteroatoms. The van der Waals surface area contributed by atoms with Gasteiger partial charge in [0.15, 0.2) is 0 Å². The van der Waals surface area contributed by atoms with Crippen molar-refractivity contribution in [2.75, 3.05) is 17.2 Å². The summed E-state index contributed by atoms with van der Waals surface area (Å²) in [5.41, 5.74) is 1.21. The van der Waals surface area contributed by atoms with Gasteiger partial charge in [0.1, 0.15) is 0 Å². The number of carbonyl (C=O) groups is 2. The highest BCUT2D eigenvalue weighted by molar-refractivity contribution is 5.99. The number of para-hydroxylation sites is 2. The standard InChI is InChI=1S/C16H24N4O2/c1-11(2)18-16(22)20-14-8-4-3-7-13(14)19-15(21)10-12-6-5-9-17-12/h3-4,7-8,11-12,17H,5-6,9-10H2,1-2H3,(H,19,21)(H2,18,20,22). The zero-order valence-electron chi connectivity index (χ0n) is 13.1. The first-order chi connectivity index (χ1) is 10.5. The molecule has 0 aromatic heterocycles. The number of urea groups is 1. The van der Waals surface area contributed by atoms with Crippen LogP contribution in [0.5, 0.6) is 0 Å². The molecule has 1 fully saturated rings. The van der Waals surface area contributed by atoms with Crippen LogP contribution in [0.25, 0.3) is 0 Å². The number of hydrogen-bond acceptors (Lipinski definition) is 3. The van der Waals surface area contributed by atoms with Gasteiger partial charge in [-0.3, -0.25) is 4.79 Å². The molecular weight excluding hydrogens is 280 g/mol. The second kappa shape index (κ2) is 7.79. The van der Waals surface area contributed by atoms with Crippen molar-refractivity contribution in [2.45, 2.75) is 45.2 Å². The Hall–Kier alpha value is -2.08. The third-order valence-corrected chi connectivity index (χ3v) is 3.46. The molecule has 6 nitrogen and oxygen atoms in total. The summed E-state index contributed by atoms with van der Waals surface area (Å²) in [6.07, 6.45) is 2.60. The van der Waals surface area contributed by atoms with E-state index in [9.17, 15) is 9.59 Å². The molecule has 2 rings (SSSR count). The molecule has 1 aromatic rings. The van der Waals surface area contributed by atoms with Crippen molar-refractivity contribution in [1.82, 2.24) is 10.6 Å². The van der Waals surface area contributed by atoms with Gasteiger partial charge in [-0.25, -0.2) is 4.79 Å². The van der Waals surface area contributed by atoms with Crippen molar-refractivity contribution in [3.05, 3.63) is 24.3 Å². The zero-order valence-corrected chi connectivity index (χ0v) is 13.1. The SMILES string of the molecule is CC(C)NC(=O)Nc1ccccc1NC(=O)CC1CCCN1.